The number of aryl methyl sites for hydroxylation is 1. The van der Waals surface area contributed by atoms with E-state index in [2.05, 4.69) is 5.32 Å². The lowest BCUT2D eigenvalue weighted by atomic mass is 10.1. The number of sulfonamides is 1. The van der Waals surface area contributed by atoms with Gasteiger partial charge in [-0.25, -0.2) is 8.42 Å². The van der Waals surface area contributed by atoms with Crippen molar-refractivity contribution in [3.8, 4) is 0 Å². The van der Waals surface area contributed by atoms with Crippen LogP contribution >= 0.6 is 0 Å². The van der Waals surface area contributed by atoms with Gasteiger partial charge in [-0.05, 0) is 31.0 Å². The summed E-state index contributed by atoms with van der Waals surface area (Å²) in [5.41, 5.74) is 6.79. The van der Waals surface area contributed by atoms with Gasteiger partial charge < -0.3 is 11.1 Å². The third-order valence-electron chi connectivity index (χ3n) is 3.14. The Kier molecular flexibility index (Phi) is 6.17. The van der Waals surface area contributed by atoms with Crippen LogP contribution in [0.3, 0.4) is 0 Å². The first-order chi connectivity index (χ1) is 9.86. The molecule has 0 atom stereocenters. The molecule has 118 valence electrons. The van der Waals surface area contributed by atoms with Crippen molar-refractivity contribution in [3.05, 3.63) is 23.8 Å². The normalized spacial score (nSPS) is 11.6. The Morgan fingerprint density at radius 1 is 1.29 bits per heavy atom. The number of rotatable bonds is 7. The Hall–Kier alpha value is -1.60. The number of hydrogen-bond donors (Lipinski definition) is 2. The maximum atomic E-state index is 12.7. The van der Waals surface area contributed by atoms with Crippen molar-refractivity contribution in [2.45, 2.75) is 32.1 Å². The minimum absolute atomic E-state index is 0.177. The van der Waals surface area contributed by atoms with E-state index in [9.17, 15) is 13.2 Å². The van der Waals surface area contributed by atoms with E-state index in [0.717, 1.165) is 4.31 Å². The molecule has 0 fully saturated rings. The molecule has 0 aliphatic carbocycles. The number of amides is 1. The first-order valence-corrected chi connectivity index (χ1v) is 8.46. The van der Waals surface area contributed by atoms with Crippen molar-refractivity contribution in [1.29, 1.82) is 0 Å². The van der Waals surface area contributed by atoms with Crippen molar-refractivity contribution >= 4 is 21.6 Å². The van der Waals surface area contributed by atoms with Gasteiger partial charge in [-0.2, -0.15) is 4.31 Å². The van der Waals surface area contributed by atoms with Crippen LogP contribution < -0.4 is 11.1 Å². The van der Waals surface area contributed by atoms with Gasteiger partial charge in [0.05, 0.1) is 11.4 Å². The second kappa shape index (κ2) is 7.42. The van der Waals surface area contributed by atoms with Gasteiger partial charge in [0, 0.05) is 18.8 Å². The summed E-state index contributed by atoms with van der Waals surface area (Å²) in [5.74, 6) is -0.315. The summed E-state index contributed by atoms with van der Waals surface area (Å²) in [6.07, 6.45) is 0.577. The number of benzene rings is 1. The van der Waals surface area contributed by atoms with Crippen molar-refractivity contribution in [1.82, 2.24) is 9.62 Å². The van der Waals surface area contributed by atoms with Crippen LogP contribution in [0.5, 0.6) is 0 Å². The number of likely N-dealkylation sites (N-methyl/N-ethyl adjacent to an activating group) is 2. The molecule has 21 heavy (non-hydrogen) atoms. The smallest absolute Gasteiger partial charge is 0.243 e. The van der Waals surface area contributed by atoms with E-state index >= 15 is 0 Å². The van der Waals surface area contributed by atoms with Crippen molar-refractivity contribution in [2.75, 3.05) is 25.4 Å². The summed E-state index contributed by atoms with van der Waals surface area (Å²) in [6.45, 7) is 5.87. The fourth-order valence-corrected chi connectivity index (χ4v) is 3.76. The predicted octanol–water partition coefficient (Wildman–Crippen LogP) is 0.978. The lowest BCUT2D eigenvalue weighted by Gasteiger charge is -2.21. The topological polar surface area (TPSA) is 92.5 Å². The number of carbonyl (C=O) groups is 1. The molecule has 0 unspecified atom stereocenters. The van der Waals surface area contributed by atoms with E-state index < -0.39 is 10.0 Å². The van der Waals surface area contributed by atoms with Gasteiger partial charge in [0.25, 0.3) is 0 Å². The van der Waals surface area contributed by atoms with Crippen LogP contribution in [0.4, 0.5) is 5.69 Å². The molecule has 0 bridgehead atoms. The number of hydrogen-bond acceptors (Lipinski definition) is 4. The minimum Gasteiger partial charge on any atom is -0.399 e. The monoisotopic (exact) mass is 313 g/mol. The first-order valence-electron chi connectivity index (χ1n) is 7.02. The van der Waals surface area contributed by atoms with Crippen molar-refractivity contribution in [2.24, 2.45) is 0 Å². The molecule has 0 aromatic heterocycles. The molecule has 7 heteroatoms. The molecule has 6 nitrogen and oxygen atoms in total. The summed E-state index contributed by atoms with van der Waals surface area (Å²) in [4.78, 5) is 11.8. The zero-order valence-electron chi connectivity index (χ0n) is 12.7. The van der Waals surface area contributed by atoms with E-state index in [0.29, 0.717) is 24.2 Å². The highest BCUT2D eigenvalue weighted by Gasteiger charge is 2.27. The molecular weight excluding hydrogens is 290 g/mol. The molecule has 0 aliphatic rings. The number of nitrogens with zero attached hydrogens (tertiary/aromatic N) is 1. The van der Waals surface area contributed by atoms with Gasteiger partial charge >= 0.3 is 0 Å². The second-order valence-corrected chi connectivity index (χ2v) is 6.51. The molecule has 1 amide bonds. The van der Waals surface area contributed by atoms with E-state index in [1.807, 2.05) is 6.92 Å². The van der Waals surface area contributed by atoms with Crippen LogP contribution in [0.2, 0.25) is 0 Å². The zero-order valence-corrected chi connectivity index (χ0v) is 13.5. The Balaban J connectivity index is 3.18. The molecule has 3 N–H and O–H groups in total. The second-order valence-electron chi connectivity index (χ2n) is 4.61. The molecule has 0 saturated heterocycles. The molecular formula is C14H23N3O3S. The van der Waals surface area contributed by atoms with Crippen molar-refractivity contribution in [3.63, 3.8) is 0 Å². The number of nitrogens with one attached hydrogen (secondary N) is 1. The number of nitrogen functional groups attached to an aromatic ring is 1. The van der Waals surface area contributed by atoms with Gasteiger partial charge in [-0.1, -0.05) is 19.9 Å². The number of carbonyl (C=O) groups excluding carboxylic acids is 1. The highest BCUT2D eigenvalue weighted by molar-refractivity contribution is 7.89. The Labute approximate surface area is 126 Å². The van der Waals surface area contributed by atoms with Crippen LogP contribution in [0, 0.1) is 0 Å². The largest absolute Gasteiger partial charge is 0.399 e. The lowest BCUT2D eigenvalue weighted by molar-refractivity contribution is -0.121. The van der Waals surface area contributed by atoms with E-state index in [1.54, 1.807) is 26.0 Å². The maximum Gasteiger partial charge on any atom is 0.243 e. The maximum absolute atomic E-state index is 12.7. The lowest BCUT2D eigenvalue weighted by Crippen LogP contribution is -2.40. The van der Waals surface area contributed by atoms with Gasteiger partial charge in [-0.15, -0.1) is 0 Å². The van der Waals surface area contributed by atoms with Gasteiger partial charge in [0.2, 0.25) is 15.9 Å². The van der Waals surface area contributed by atoms with Crippen molar-refractivity contribution < 1.29 is 13.2 Å². The molecule has 1 rings (SSSR count). The number of nitrogens with two attached hydrogens (primary N) is 1. The van der Waals surface area contributed by atoms with E-state index in [1.165, 1.54) is 6.07 Å². The van der Waals surface area contributed by atoms with Gasteiger partial charge in [0.15, 0.2) is 0 Å². The first kappa shape index (κ1) is 17.5. The fraction of sp³-hybridized carbons (Fsp3) is 0.500. The molecule has 1 aromatic rings. The van der Waals surface area contributed by atoms with Gasteiger partial charge in [0.1, 0.15) is 0 Å². The van der Waals surface area contributed by atoms with E-state index in [-0.39, 0.29) is 23.9 Å². The minimum atomic E-state index is -3.74. The summed E-state index contributed by atoms with van der Waals surface area (Å²) < 4.78 is 26.6. The molecule has 0 aliphatic heterocycles. The fourth-order valence-electron chi connectivity index (χ4n) is 2.02. The molecule has 0 radical (unpaired) electrons. The van der Waals surface area contributed by atoms with Crippen LogP contribution in [-0.2, 0) is 21.2 Å². The SMILES string of the molecule is CCNC(=O)CN(CC)S(=O)(=O)c1cc(N)ccc1CC. The van der Waals surface area contributed by atoms with E-state index in [4.69, 9.17) is 5.73 Å². The average Bonchev–Trinajstić information content (AvgIpc) is 2.44. The Morgan fingerprint density at radius 2 is 1.95 bits per heavy atom. The highest BCUT2D eigenvalue weighted by atomic mass is 32.2. The summed E-state index contributed by atoms with van der Waals surface area (Å²) >= 11 is 0. The molecule has 0 saturated carbocycles. The standard InChI is InChI=1S/C14H23N3O3S/c1-4-11-7-8-12(15)9-13(11)21(19,20)17(6-3)10-14(18)16-5-2/h7-9H,4-6,10,15H2,1-3H3,(H,16,18). The quantitative estimate of drug-likeness (QED) is 0.734. The third kappa shape index (κ3) is 4.18. The molecule has 0 spiro atoms. The summed E-state index contributed by atoms with van der Waals surface area (Å²) in [5, 5.41) is 2.60. The molecule has 1 aromatic carbocycles. The Bertz CT molecular complexity index is 599. The summed E-state index contributed by atoms with van der Waals surface area (Å²) in [6, 6.07) is 4.84. The predicted molar refractivity (Wildman–Crippen MR) is 83.3 cm³/mol. The highest BCUT2D eigenvalue weighted by Crippen LogP contribution is 2.23. The van der Waals surface area contributed by atoms with Crippen LogP contribution in [0.1, 0.15) is 26.3 Å². The Morgan fingerprint density at radius 3 is 2.48 bits per heavy atom. The number of anilines is 1. The van der Waals surface area contributed by atoms with Crippen LogP contribution in [-0.4, -0.2) is 38.3 Å². The summed E-state index contributed by atoms with van der Waals surface area (Å²) in [7, 11) is -3.74. The zero-order chi connectivity index (χ0) is 16.0. The van der Waals surface area contributed by atoms with Crippen LogP contribution in [0.25, 0.3) is 0 Å². The average molecular weight is 313 g/mol. The van der Waals surface area contributed by atoms with Crippen LogP contribution in [0.15, 0.2) is 23.1 Å². The van der Waals surface area contributed by atoms with Gasteiger partial charge in [-0.3, -0.25) is 4.79 Å². The third-order valence-corrected chi connectivity index (χ3v) is 5.14. The molecule has 0 heterocycles.